The molecule has 0 saturated heterocycles. The second-order valence-electron chi connectivity index (χ2n) is 4.29. The molecule has 1 aliphatic carbocycles. The van der Waals surface area contributed by atoms with Crippen LogP contribution in [-0.2, 0) is 0 Å². The summed E-state index contributed by atoms with van der Waals surface area (Å²) in [6.45, 7) is 10.7. The third-order valence-electron chi connectivity index (χ3n) is 2.38. The van der Waals surface area contributed by atoms with E-state index in [0.29, 0.717) is 5.41 Å². The van der Waals surface area contributed by atoms with Gasteiger partial charge in [-0.2, -0.15) is 0 Å². The highest BCUT2D eigenvalue weighted by atomic mass is 14.2. The molecule has 0 aliphatic heterocycles. The van der Waals surface area contributed by atoms with Crippen molar-refractivity contribution in [3.05, 3.63) is 23.8 Å². The van der Waals surface area contributed by atoms with Crippen LogP contribution in [0.25, 0.3) is 0 Å². The molecular formula is C11H18. The zero-order chi connectivity index (χ0) is 8.48. The van der Waals surface area contributed by atoms with Crippen LogP contribution in [0.2, 0.25) is 0 Å². The molecule has 0 unspecified atom stereocenters. The molecule has 0 bridgehead atoms. The van der Waals surface area contributed by atoms with E-state index in [0.717, 1.165) is 0 Å². The van der Waals surface area contributed by atoms with Crippen LogP contribution < -0.4 is 0 Å². The molecule has 0 radical (unpaired) electrons. The van der Waals surface area contributed by atoms with E-state index in [4.69, 9.17) is 0 Å². The van der Waals surface area contributed by atoms with Gasteiger partial charge in [0.05, 0.1) is 0 Å². The third-order valence-corrected chi connectivity index (χ3v) is 2.38. The van der Waals surface area contributed by atoms with Gasteiger partial charge in [0.2, 0.25) is 0 Å². The lowest BCUT2D eigenvalue weighted by Crippen LogP contribution is -2.13. The molecule has 0 atom stereocenters. The molecule has 0 N–H and O–H groups in total. The highest BCUT2D eigenvalue weighted by molar-refractivity contribution is 5.29. The van der Waals surface area contributed by atoms with Gasteiger partial charge in [0, 0.05) is 0 Å². The minimum atomic E-state index is 0.409. The lowest BCUT2D eigenvalue weighted by Gasteiger charge is -2.27. The van der Waals surface area contributed by atoms with Gasteiger partial charge in [-0.15, -0.1) is 0 Å². The summed E-state index contributed by atoms with van der Waals surface area (Å²) in [7, 11) is 0. The summed E-state index contributed by atoms with van der Waals surface area (Å²) in [5.41, 5.74) is 3.13. The van der Waals surface area contributed by atoms with Crippen molar-refractivity contribution in [2.75, 3.05) is 0 Å². The maximum absolute atomic E-state index is 3.98. The molecule has 0 spiro atoms. The van der Waals surface area contributed by atoms with Crippen molar-refractivity contribution in [1.82, 2.24) is 0 Å². The molecule has 0 fully saturated rings. The summed E-state index contributed by atoms with van der Waals surface area (Å²) in [4.78, 5) is 0. The van der Waals surface area contributed by atoms with Crippen LogP contribution in [0.5, 0.6) is 0 Å². The van der Waals surface area contributed by atoms with Crippen molar-refractivity contribution < 1.29 is 0 Å². The number of hydrogen-bond acceptors (Lipinski definition) is 0. The van der Waals surface area contributed by atoms with Gasteiger partial charge in [0.15, 0.2) is 0 Å². The average molecular weight is 150 g/mol. The fourth-order valence-corrected chi connectivity index (χ4v) is 1.69. The molecule has 0 amide bonds. The van der Waals surface area contributed by atoms with Crippen molar-refractivity contribution in [2.45, 2.75) is 40.0 Å². The second-order valence-corrected chi connectivity index (χ2v) is 4.29. The predicted molar refractivity (Wildman–Crippen MR) is 50.5 cm³/mol. The fourth-order valence-electron chi connectivity index (χ4n) is 1.69. The summed E-state index contributed by atoms with van der Waals surface area (Å²) in [5.74, 6) is 0. The Kier molecular flexibility index (Phi) is 2.22. The molecule has 62 valence electrons. The summed E-state index contributed by atoms with van der Waals surface area (Å²) >= 11 is 0. The first-order valence-electron chi connectivity index (χ1n) is 4.39. The third kappa shape index (κ3) is 2.21. The Balaban J connectivity index is 2.81. The Morgan fingerprint density at radius 3 is 2.55 bits per heavy atom. The van der Waals surface area contributed by atoms with E-state index in [2.05, 4.69) is 33.4 Å². The summed E-state index contributed by atoms with van der Waals surface area (Å²) < 4.78 is 0. The van der Waals surface area contributed by atoms with E-state index in [9.17, 15) is 0 Å². The van der Waals surface area contributed by atoms with E-state index in [1.54, 1.807) is 0 Å². The summed E-state index contributed by atoms with van der Waals surface area (Å²) in [5, 5.41) is 0. The molecule has 0 aromatic rings. The lowest BCUT2D eigenvalue weighted by molar-refractivity contribution is 0.399. The smallest absolute Gasteiger partial charge is 0.0169 e. The largest absolute Gasteiger partial charge is 0.0958 e. The van der Waals surface area contributed by atoms with Gasteiger partial charge in [-0.05, 0) is 37.2 Å². The average Bonchev–Trinajstić information content (AvgIpc) is 1.85. The number of allylic oxidation sites excluding steroid dienone is 3. The molecule has 0 heteroatoms. The van der Waals surface area contributed by atoms with Crippen molar-refractivity contribution in [1.29, 1.82) is 0 Å². The van der Waals surface area contributed by atoms with E-state index >= 15 is 0 Å². The molecular weight excluding hydrogens is 132 g/mol. The molecule has 0 saturated carbocycles. The van der Waals surface area contributed by atoms with Gasteiger partial charge in [-0.3, -0.25) is 0 Å². The molecule has 1 aliphatic rings. The predicted octanol–water partition coefficient (Wildman–Crippen LogP) is 3.70. The van der Waals surface area contributed by atoms with Crippen LogP contribution in [0.4, 0.5) is 0 Å². The van der Waals surface area contributed by atoms with Crippen LogP contribution in [-0.4, -0.2) is 0 Å². The SMILES string of the molecule is C=C(C)C1=CC(C)(C)CCC1. The van der Waals surface area contributed by atoms with Gasteiger partial charge in [0.25, 0.3) is 0 Å². The van der Waals surface area contributed by atoms with Gasteiger partial charge in [0.1, 0.15) is 0 Å². The highest BCUT2D eigenvalue weighted by Crippen LogP contribution is 2.34. The molecule has 1 rings (SSSR count). The van der Waals surface area contributed by atoms with Crippen molar-refractivity contribution >= 4 is 0 Å². The number of hydrogen-bond donors (Lipinski definition) is 0. The fraction of sp³-hybridized carbons (Fsp3) is 0.636. The highest BCUT2D eigenvalue weighted by Gasteiger charge is 2.19. The quantitative estimate of drug-likeness (QED) is 0.534. The first-order valence-corrected chi connectivity index (χ1v) is 4.39. The van der Waals surface area contributed by atoms with Gasteiger partial charge in [-0.25, -0.2) is 0 Å². The van der Waals surface area contributed by atoms with Gasteiger partial charge in [-0.1, -0.05) is 32.1 Å². The zero-order valence-electron chi connectivity index (χ0n) is 7.91. The van der Waals surface area contributed by atoms with Gasteiger partial charge >= 0.3 is 0 Å². The summed E-state index contributed by atoms with van der Waals surface area (Å²) in [6.07, 6.45) is 6.27. The van der Waals surface area contributed by atoms with E-state index < -0.39 is 0 Å². The Morgan fingerprint density at radius 1 is 1.55 bits per heavy atom. The Labute approximate surface area is 70.0 Å². The van der Waals surface area contributed by atoms with Crippen molar-refractivity contribution in [3.63, 3.8) is 0 Å². The Morgan fingerprint density at radius 2 is 2.18 bits per heavy atom. The summed E-state index contributed by atoms with van der Waals surface area (Å²) in [6, 6.07) is 0. The lowest BCUT2D eigenvalue weighted by atomic mass is 9.78. The van der Waals surface area contributed by atoms with Crippen LogP contribution in [0.15, 0.2) is 23.8 Å². The molecule has 0 aromatic carbocycles. The number of rotatable bonds is 1. The maximum atomic E-state index is 3.98. The molecule has 11 heavy (non-hydrogen) atoms. The van der Waals surface area contributed by atoms with Gasteiger partial charge < -0.3 is 0 Å². The van der Waals surface area contributed by atoms with E-state index in [1.807, 2.05) is 0 Å². The minimum Gasteiger partial charge on any atom is -0.0958 e. The first-order chi connectivity index (χ1) is 5.01. The van der Waals surface area contributed by atoms with Crippen molar-refractivity contribution in [3.8, 4) is 0 Å². The zero-order valence-corrected chi connectivity index (χ0v) is 7.91. The first kappa shape index (κ1) is 8.58. The minimum absolute atomic E-state index is 0.409. The normalized spacial score (nSPS) is 22.6. The standard InChI is InChI=1S/C11H18/c1-9(2)10-6-5-7-11(3,4)8-10/h8H,1,5-7H2,2-4H3. The Hall–Kier alpha value is -0.520. The van der Waals surface area contributed by atoms with Crippen LogP contribution in [0.3, 0.4) is 0 Å². The molecule has 0 heterocycles. The topological polar surface area (TPSA) is 0 Å². The monoisotopic (exact) mass is 150 g/mol. The Bertz CT molecular complexity index is 194. The van der Waals surface area contributed by atoms with E-state index in [-0.39, 0.29) is 0 Å². The van der Waals surface area contributed by atoms with Crippen molar-refractivity contribution in [2.24, 2.45) is 5.41 Å². The second kappa shape index (κ2) is 2.84. The van der Waals surface area contributed by atoms with Crippen LogP contribution in [0, 0.1) is 5.41 Å². The molecule has 0 nitrogen and oxygen atoms in total. The molecule has 0 aromatic heterocycles. The van der Waals surface area contributed by atoms with E-state index in [1.165, 1.54) is 30.4 Å². The maximum Gasteiger partial charge on any atom is -0.0169 e. The van der Waals surface area contributed by atoms with Crippen LogP contribution >= 0.6 is 0 Å². The van der Waals surface area contributed by atoms with Crippen LogP contribution in [0.1, 0.15) is 40.0 Å².